The lowest BCUT2D eigenvalue weighted by molar-refractivity contribution is 0.615. The highest BCUT2D eigenvalue weighted by Crippen LogP contribution is 2.23. The summed E-state index contributed by atoms with van der Waals surface area (Å²) in [5, 5.41) is 5.32. The summed E-state index contributed by atoms with van der Waals surface area (Å²) in [7, 11) is 2.04. The van der Waals surface area contributed by atoms with E-state index in [-0.39, 0.29) is 0 Å². The minimum absolute atomic E-state index is 0.512. The van der Waals surface area contributed by atoms with E-state index in [4.69, 9.17) is 4.98 Å². The van der Waals surface area contributed by atoms with Crippen molar-refractivity contribution in [3.8, 4) is 0 Å². The number of fused-ring (bicyclic) bond motifs is 1. The normalized spacial score (nSPS) is 13.3. The monoisotopic (exact) mass is 280 g/mol. The van der Waals surface area contributed by atoms with Crippen LogP contribution < -0.4 is 5.32 Å². The van der Waals surface area contributed by atoms with E-state index < -0.39 is 0 Å². The van der Waals surface area contributed by atoms with Crippen LogP contribution in [-0.2, 0) is 6.42 Å². The third-order valence-electron chi connectivity index (χ3n) is 2.80. The van der Waals surface area contributed by atoms with Gasteiger partial charge in [0, 0.05) is 18.2 Å². The largest absolute Gasteiger partial charge is 0.316 e. The van der Waals surface area contributed by atoms with Crippen LogP contribution in [0.3, 0.4) is 0 Å². The first kappa shape index (κ1) is 13.8. The fourth-order valence-corrected chi connectivity index (χ4v) is 3.72. The Labute approximate surface area is 117 Å². The van der Waals surface area contributed by atoms with Gasteiger partial charge in [-0.1, -0.05) is 26.0 Å². The minimum atomic E-state index is 0.512. The van der Waals surface area contributed by atoms with Crippen molar-refractivity contribution in [3.05, 3.63) is 29.3 Å². The number of thioether (sulfide) groups is 1. The highest BCUT2D eigenvalue weighted by molar-refractivity contribution is 7.99. The van der Waals surface area contributed by atoms with Crippen LogP contribution in [0.25, 0.3) is 10.2 Å². The van der Waals surface area contributed by atoms with Crippen molar-refractivity contribution in [1.82, 2.24) is 10.3 Å². The molecule has 98 valence electrons. The molecule has 1 aromatic heterocycles. The van der Waals surface area contributed by atoms with Gasteiger partial charge < -0.3 is 5.32 Å². The van der Waals surface area contributed by atoms with Crippen LogP contribution in [0.15, 0.2) is 24.3 Å². The van der Waals surface area contributed by atoms with Gasteiger partial charge in [0.05, 0.1) is 15.2 Å². The molecule has 1 N–H and O–H groups in total. The summed E-state index contributed by atoms with van der Waals surface area (Å²) in [4.78, 5) is 4.70. The molecule has 0 fully saturated rings. The van der Waals surface area contributed by atoms with Crippen LogP contribution in [-0.4, -0.2) is 29.1 Å². The van der Waals surface area contributed by atoms with E-state index >= 15 is 0 Å². The zero-order chi connectivity index (χ0) is 13.0. The lowest BCUT2D eigenvalue weighted by atomic mass is 10.2. The number of hydrogen-bond acceptors (Lipinski definition) is 4. The molecular formula is C14H20N2S2. The Balaban J connectivity index is 2.02. The van der Waals surface area contributed by atoms with Gasteiger partial charge in [0.2, 0.25) is 0 Å². The van der Waals surface area contributed by atoms with Crippen LogP contribution >= 0.6 is 23.1 Å². The van der Waals surface area contributed by atoms with Crippen molar-refractivity contribution >= 4 is 33.3 Å². The van der Waals surface area contributed by atoms with Gasteiger partial charge in [-0.3, -0.25) is 0 Å². The van der Waals surface area contributed by atoms with Gasteiger partial charge in [-0.25, -0.2) is 4.98 Å². The second-order valence-electron chi connectivity index (χ2n) is 4.65. The summed E-state index contributed by atoms with van der Waals surface area (Å²) in [5.74, 6) is 1.14. The molecular weight excluding hydrogens is 260 g/mol. The van der Waals surface area contributed by atoms with Gasteiger partial charge in [-0.2, -0.15) is 11.8 Å². The van der Waals surface area contributed by atoms with E-state index in [0.29, 0.717) is 11.3 Å². The summed E-state index contributed by atoms with van der Waals surface area (Å²) in [6.45, 7) is 4.49. The molecule has 18 heavy (non-hydrogen) atoms. The van der Waals surface area contributed by atoms with Crippen LogP contribution in [0, 0.1) is 0 Å². The number of nitrogens with zero attached hydrogens (tertiary/aromatic N) is 1. The molecule has 1 unspecified atom stereocenters. The molecule has 1 heterocycles. The summed E-state index contributed by atoms with van der Waals surface area (Å²) in [6.07, 6.45) is 1.02. The lowest BCUT2D eigenvalue weighted by Gasteiger charge is -2.15. The molecule has 2 nitrogen and oxygen atoms in total. The third kappa shape index (κ3) is 3.70. The Kier molecular flexibility index (Phi) is 5.03. The topological polar surface area (TPSA) is 24.9 Å². The SMILES string of the molecule is CNC(CSC(C)C)Cc1nc2ccccc2s1. The predicted molar refractivity (Wildman–Crippen MR) is 83.8 cm³/mol. The summed E-state index contributed by atoms with van der Waals surface area (Å²) in [5.41, 5.74) is 1.13. The number of para-hydroxylation sites is 1. The van der Waals surface area contributed by atoms with Gasteiger partial charge in [-0.05, 0) is 24.4 Å². The molecule has 2 rings (SSSR count). The molecule has 4 heteroatoms. The highest BCUT2D eigenvalue weighted by atomic mass is 32.2. The van der Waals surface area contributed by atoms with Gasteiger partial charge in [-0.15, -0.1) is 11.3 Å². The molecule has 0 bridgehead atoms. The molecule has 0 saturated heterocycles. The Morgan fingerprint density at radius 1 is 1.33 bits per heavy atom. The Bertz CT molecular complexity index is 460. The van der Waals surface area contributed by atoms with Gasteiger partial charge >= 0.3 is 0 Å². The molecule has 0 amide bonds. The average Bonchev–Trinajstić information content (AvgIpc) is 2.76. The van der Waals surface area contributed by atoms with E-state index in [0.717, 1.165) is 17.7 Å². The molecule has 2 aromatic rings. The molecule has 1 aromatic carbocycles. The molecule has 0 aliphatic heterocycles. The van der Waals surface area contributed by atoms with Crippen LogP contribution in [0.4, 0.5) is 0 Å². The summed E-state index contributed by atoms with van der Waals surface area (Å²) < 4.78 is 1.29. The van der Waals surface area contributed by atoms with Crippen LogP contribution in [0.2, 0.25) is 0 Å². The molecule has 0 saturated carbocycles. The quantitative estimate of drug-likeness (QED) is 0.875. The number of benzene rings is 1. The van der Waals surface area contributed by atoms with Gasteiger partial charge in [0.1, 0.15) is 0 Å². The number of aromatic nitrogens is 1. The van der Waals surface area contributed by atoms with E-state index in [9.17, 15) is 0 Å². The second-order valence-corrected chi connectivity index (χ2v) is 7.37. The third-order valence-corrected chi connectivity index (χ3v) is 5.12. The van der Waals surface area contributed by atoms with Crippen molar-refractivity contribution in [2.24, 2.45) is 0 Å². The summed E-state index contributed by atoms with van der Waals surface area (Å²) in [6, 6.07) is 8.88. The van der Waals surface area contributed by atoms with E-state index in [1.807, 2.05) is 30.1 Å². The Morgan fingerprint density at radius 2 is 2.11 bits per heavy atom. The van der Waals surface area contributed by atoms with Gasteiger partial charge in [0.25, 0.3) is 0 Å². The van der Waals surface area contributed by atoms with E-state index in [1.54, 1.807) is 0 Å². The zero-order valence-corrected chi connectivity index (χ0v) is 12.8. The molecule has 0 radical (unpaired) electrons. The first-order valence-electron chi connectivity index (χ1n) is 6.32. The minimum Gasteiger partial charge on any atom is -0.316 e. The van der Waals surface area contributed by atoms with Crippen molar-refractivity contribution in [3.63, 3.8) is 0 Å². The Hall–Kier alpha value is -0.580. The number of rotatable bonds is 6. The molecule has 1 atom stereocenters. The van der Waals surface area contributed by atoms with Crippen molar-refractivity contribution < 1.29 is 0 Å². The van der Waals surface area contributed by atoms with Crippen molar-refractivity contribution in [2.45, 2.75) is 31.6 Å². The maximum atomic E-state index is 4.70. The van der Waals surface area contributed by atoms with Crippen molar-refractivity contribution in [1.29, 1.82) is 0 Å². The fourth-order valence-electron chi connectivity index (χ4n) is 1.77. The van der Waals surface area contributed by atoms with Gasteiger partial charge in [0.15, 0.2) is 0 Å². The number of hydrogen-bond donors (Lipinski definition) is 1. The van der Waals surface area contributed by atoms with E-state index in [1.165, 1.54) is 9.71 Å². The smallest absolute Gasteiger partial charge is 0.0954 e. The lowest BCUT2D eigenvalue weighted by Crippen LogP contribution is -2.30. The number of likely N-dealkylation sites (N-methyl/N-ethyl adjacent to an activating group) is 1. The predicted octanol–water partition coefficient (Wildman–Crippen LogP) is 3.57. The molecule has 0 aliphatic rings. The molecule has 0 spiro atoms. The average molecular weight is 280 g/mol. The second kappa shape index (κ2) is 6.55. The van der Waals surface area contributed by atoms with Crippen LogP contribution in [0.1, 0.15) is 18.9 Å². The Morgan fingerprint density at radius 3 is 2.78 bits per heavy atom. The van der Waals surface area contributed by atoms with E-state index in [2.05, 4.69) is 43.4 Å². The fraction of sp³-hybridized carbons (Fsp3) is 0.500. The first-order valence-corrected chi connectivity index (χ1v) is 8.19. The number of nitrogens with one attached hydrogen (secondary N) is 1. The van der Waals surface area contributed by atoms with Crippen LogP contribution in [0.5, 0.6) is 0 Å². The summed E-state index contributed by atoms with van der Waals surface area (Å²) >= 11 is 3.82. The highest BCUT2D eigenvalue weighted by Gasteiger charge is 2.11. The number of thiazole rings is 1. The first-order chi connectivity index (χ1) is 8.69. The maximum absolute atomic E-state index is 4.70. The standard InChI is InChI=1S/C14H20N2S2/c1-10(2)17-9-11(15-3)8-14-16-12-6-4-5-7-13(12)18-14/h4-7,10-11,15H,8-9H2,1-3H3. The van der Waals surface area contributed by atoms with Crippen molar-refractivity contribution in [2.75, 3.05) is 12.8 Å². The molecule has 0 aliphatic carbocycles. The zero-order valence-electron chi connectivity index (χ0n) is 11.1. The maximum Gasteiger partial charge on any atom is 0.0954 e.